The molecule has 5 heteroatoms. The van der Waals surface area contributed by atoms with E-state index in [-0.39, 0.29) is 38.3 Å². The first-order valence-electron chi connectivity index (χ1n) is 6.07. The molecule has 0 spiro atoms. The van der Waals surface area contributed by atoms with E-state index in [4.69, 9.17) is 15.3 Å². The van der Waals surface area contributed by atoms with E-state index in [0.717, 1.165) is 38.5 Å². The molecule has 0 aliphatic heterocycles. The number of rotatable bonds is 6. The van der Waals surface area contributed by atoms with E-state index < -0.39 is 0 Å². The number of hydrogen-bond donors (Lipinski definition) is 3. The van der Waals surface area contributed by atoms with Crippen LogP contribution in [0.3, 0.4) is 0 Å². The zero-order valence-electron chi connectivity index (χ0n) is 11.6. The quantitative estimate of drug-likeness (QED) is 0.561. The van der Waals surface area contributed by atoms with Crippen LogP contribution < -0.4 is 0 Å². The van der Waals surface area contributed by atoms with Crippen molar-refractivity contribution >= 4 is 12.4 Å². The van der Waals surface area contributed by atoms with Crippen LogP contribution in [0.5, 0.6) is 0 Å². The van der Waals surface area contributed by atoms with Gasteiger partial charge in [0.15, 0.2) is 0 Å². The molecule has 0 unspecified atom stereocenters. The fraction of sp³-hybridized carbons (Fsp3) is 1.00. The van der Waals surface area contributed by atoms with Gasteiger partial charge in [-0.1, -0.05) is 40.0 Å². The number of aliphatic hydroxyl groups excluding tert-OH is 3. The minimum absolute atomic E-state index is 0. The van der Waals surface area contributed by atoms with Gasteiger partial charge in [0.05, 0.1) is 0 Å². The van der Waals surface area contributed by atoms with Crippen LogP contribution >= 0.6 is 12.4 Å². The molecule has 0 atom stereocenters. The number of aliphatic hydroxyl groups is 3. The van der Waals surface area contributed by atoms with Crippen LogP contribution in [0.15, 0.2) is 0 Å². The van der Waals surface area contributed by atoms with Gasteiger partial charge >= 0.3 is 0 Å². The van der Waals surface area contributed by atoms with Gasteiger partial charge in [0, 0.05) is 45.7 Å². The molecule has 0 aromatic heterocycles. The van der Waals surface area contributed by atoms with Crippen molar-refractivity contribution in [2.75, 3.05) is 19.8 Å². The Labute approximate surface area is 132 Å². The molecule has 0 saturated heterocycles. The molecule has 0 aromatic rings. The summed E-state index contributed by atoms with van der Waals surface area (Å²) in [5.74, 6) is 0. The maximum Gasteiger partial charge on any atom is 0.0430 e. The van der Waals surface area contributed by atoms with Crippen molar-refractivity contribution in [1.29, 1.82) is 0 Å². The Morgan fingerprint density at radius 2 is 0.765 bits per heavy atom. The Hall–Kier alpha value is 1.04. The molecular weight excluding hydrogens is 406 g/mol. The first-order valence-corrected chi connectivity index (χ1v) is 6.07. The van der Waals surface area contributed by atoms with Crippen LogP contribution in [-0.4, -0.2) is 35.1 Å². The van der Waals surface area contributed by atoms with E-state index in [0.29, 0.717) is 19.8 Å². The largest absolute Gasteiger partial charge is 0.396 e. The molecule has 0 amide bonds. The molecule has 0 heterocycles. The van der Waals surface area contributed by atoms with Gasteiger partial charge in [-0.25, -0.2) is 0 Å². The van der Waals surface area contributed by atoms with Crippen molar-refractivity contribution in [3.63, 3.8) is 0 Å². The van der Waals surface area contributed by atoms with Gasteiger partial charge in [-0.15, -0.1) is 12.4 Å². The second kappa shape index (κ2) is 43.5. The molecule has 0 fully saturated rings. The second-order valence-electron chi connectivity index (χ2n) is 3.23. The van der Waals surface area contributed by atoms with Gasteiger partial charge in [0.1, 0.15) is 0 Å². The Morgan fingerprint density at radius 3 is 0.765 bits per heavy atom. The van der Waals surface area contributed by atoms with E-state index in [1.807, 2.05) is 0 Å². The van der Waals surface area contributed by atoms with Crippen molar-refractivity contribution in [2.45, 2.75) is 59.3 Å². The first kappa shape index (κ1) is 30.8. The summed E-state index contributed by atoms with van der Waals surface area (Å²) in [4.78, 5) is 0. The van der Waals surface area contributed by atoms with Crippen molar-refractivity contribution in [3.05, 3.63) is 0 Å². The van der Waals surface area contributed by atoms with Crippen molar-refractivity contribution in [3.8, 4) is 0 Å². The van der Waals surface area contributed by atoms with Crippen LogP contribution in [0.1, 0.15) is 59.3 Å². The third kappa shape index (κ3) is 77.8. The summed E-state index contributed by atoms with van der Waals surface area (Å²) < 4.78 is 0. The number of hydrogen-bond acceptors (Lipinski definition) is 3. The summed E-state index contributed by atoms with van der Waals surface area (Å²) in [6, 6.07) is 0. The monoisotopic (exact) mass is 438 g/mol. The SMILES string of the molecule is CCCCO.CCCCO.CCCCO.Cl.[Hf]. The summed E-state index contributed by atoms with van der Waals surface area (Å²) in [6.07, 6.45) is 6.11. The number of halogens is 1. The maximum atomic E-state index is 8.07. The van der Waals surface area contributed by atoms with Crippen LogP contribution in [0.4, 0.5) is 0 Å². The molecule has 3 N–H and O–H groups in total. The maximum absolute atomic E-state index is 8.07. The molecule has 0 aliphatic rings. The van der Waals surface area contributed by atoms with Crippen LogP contribution in [-0.2, 0) is 25.8 Å². The van der Waals surface area contributed by atoms with Crippen molar-refractivity contribution in [1.82, 2.24) is 0 Å². The molecule has 17 heavy (non-hydrogen) atoms. The van der Waals surface area contributed by atoms with Gasteiger partial charge < -0.3 is 15.3 Å². The van der Waals surface area contributed by atoms with Crippen molar-refractivity contribution < 1.29 is 41.2 Å². The van der Waals surface area contributed by atoms with E-state index in [1.165, 1.54) is 0 Å². The Kier molecular flexibility index (Phi) is 78.8. The summed E-state index contributed by atoms with van der Waals surface area (Å²) >= 11 is 0. The molecule has 0 bridgehead atoms. The van der Waals surface area contributed by atoms with E-state index in [2.05, 4.69) is 20.8 Å². The predicted molar refractivity (Wildman–Crippen MR) is 73.2 cm³/mol. The smallest absolute Gasteiger partial charge is 0.0430 e. The van der Waals surface area contributed by atoms with Gasteiger partial charge in [0.2, 0.25) is 0 Å². The fourth-order valence-electron chi connectivity index (χ4n) is 0.474. The zero-order chi connectivity index (χ0) is 12.4. The summed E-state index contributed by atoms with van der Waals surface area (Å²) in [5, 5.41) is 24.2. The molecule has 0 rings (SSSR count). The zero-order valence-corrected chi connectivity index (χ0v) is 16.0. The molecule has 0 radical (unpaired) electrons. The average Bonchev–Trinajstić information content (AvgIpc) is 2.23. The third-order valence-corrected chi connectivity index (χ3v) is 1.54. The number of unbranched alkanes of at least 4 members (excludes halogenated alkanes) is 3. The summed E-state index contributed by atoms with van der Waals surface area (Å²) in [5.41, 5.74) is 0. The van der Waals surface area contributed by atoms with E-state index in [9.17, 15) is 0 Å². The molecule has 3 nitrogen and oxygen atoms in total. The Balaban J connectivity index is -0.0000000400. The standard InChI is InChI=1S/3C4H10O.ClH.Hf/c3*1-2-3-4-5;;/h3*5H,2-4H2,1H3;1H;. The molecule has 108 valence electrons. The normalized spacial score (nSPS) is 7.41. The van der Waals surface area contributed by atoms with Gasteiger partial charge in [-0.3, -0.25) is 0 Å². The molecule has 0 aromatic carbocycles. The minimum Gasteiger partial charge on any atom is -0.396 e. The topological polar surface area (TPSA) is 60.7 Å². The van der Waals surface area contributed by atoms with E-state index in [1.54, 1.807) is 0 Å². The first-order chi connectivity index (χ1) is 7.24. The van der Waals surface area contributed by atoms with Crippen molar-refractivity contribution in [2.24, 2.45) is 0 Å². The predicted octanol–water partition coefficient (Wildman–Crippen LogP) is 2.76. The average molecular weight is 437 g/mol. The summed E-state index contributed by atoms with van der Waals surface area (Å²) in [7, 11) is 0. The molecule has 0 saturated carbocycles. The van der Waals surface area contributed by atoms with Crippen LogP contribution in [0.25, 0.3) is 0 Å². The molecular formula is C12H31ClHfO3. The fourth-order valence-corrected chi connectivity index (χ4v) is 0.474. The summed E-state index contributed by atoms with van der Waals surface area (Å²) in [6.45, 7) is 7.19. The molecule has 0 aliphatic carbocycles. The van der Waals surface area contributed by atoms with E-state index >= 15 is 0 Å². The van der Waals surface area contributed by atoms with Crippen LogP contribution in [0, 0.1) is 0 Å². The van der Waals surface area contributed by atoms with Gasteiger partial charge in [-0.05, 0) is 19.3 Å². The van der Waals surface area contributed by atoms with Crippen LogP contribution in [0.2, 0.25) is 0 Å². The van der Waals surface area contributed by atoms with Gasteiger partial charge in [-0.2, -0.15) is 0 Å². The third-order valence-electron chi connectivity index (χ3n) is 1.54. The Bertz CT molecular complexity index is 58.5. The minimum atomic E-state index is 0. The second-order valence-corrected chi connectivity index (χ2v) is 3.23. The van der Waals surface area contributed by atoms with Gasteiger partial charge in [0.25, 0.3) is 0 Å². The Morgan fingerprint density at radius 1 is 0.588 bits per heavy atom.